The summed E-state index contributed by atoms with van der Waals surface area (Å²) in [4.78, 5) is 11.3. The fraction of sp³-hybridized carbons (Fsp3) is 0.417. The van der Waals surface area contributed by atoms with Crippen LogP contribution >= 0.6 is 0 Å². The van der Waals surface area contributed by atoms with Gasteiger partial charge in [0.25, 0.3) is 0 Å². The average molecular weight is 190 g/mol. The van der Waals surface area contributed by atoms with E-state index in [2.05, 4.69) is 13.8 Å². The van der Waals surface area contributed by atoms with Crippen LogP contribution in [0.1, 0.15) is 41.3 Å². The van der Waals surface area contributed by atoms with E-state index in [1.165, 1.54) is 0 Å². The largest absolute Gasteiger partial charge is 0.496 e. The number of ether oxygens (including phenoxy) is 1. The number of fused-ring (bicyclic) bond motifs is 1. The molecule has 0 atom stereocenters. The SMILES string of the molecule is COc1cc2c(cc1C(C)C)C(=O)C2. The maximum Gasteiger partial charge on any atom is 0.167 e. The van der Waals surface area contributed by atoms with Gasteiger partial charge in [-0.05, 0) is 29.2 Å². The van der Waals surface area contributed by atoms with Gasteiger partial charge in [0.2, 0.25) is 0 Å². The minimum Gasteiger partial charge on any atom is -0.496 e. The predicted molar refractivity (Wildman–Crippen MR) is 55.1 cm³/mol. The molecule has 0 saturated carbocycles. The Hall–Kier alpha value is -1.31. The number of ketones is 1. The van der Waals surface area contributed by atoms with Crippen molar-refractivity contribution in [1.29, 1.82) is 0 Å². The zero-order valence-electron chi connectivity index (χ0n) is 8.76. The highest BCUT2D eigenvalue weighted by Crippen LogP contribution is 2.34. The van der Waals surface area contributed by atoms with Gasteiger partial charge in [0.1, 0.15) is 5.75 Å². The van der Waals surface area contributed by atoms with Crippen molar-refractivity contribution in [3.8, 4) is 5.75 Å². The van der Waals surface area contributed by atoms with Crippen LogP contribution in [0, 0.1) is 0 Å². The van der Waals surface area contributed by atoms with E-state index < -0.39 is 0 Å². The zero-order chi connectivity index (χ0) is 10.3. The van der Waals surface area contributed by atoms with Gasteiger partial charge in [0.05, 0.1) is 7.11 Å². The summed E-state index contributed by atoms with van der Waals surface area (Å²) in [6.07, 6.45) is 0.573. The molecular weight excluding hydrogens is 176 g/mol. The van der Waals surface area contributed by atoms with Gasteiger partial charge in [0, 0.05) is 12.0 Å². The summed E-state index contributed by atoms with van der Waals surface area (Å²) in [5.74, 6) is 1.56. The van der Waals surface area contributed by atoms with E-state index in [1.807, 2.05) is 12.1 Å². The van der Waals surface area contributed by atoms with E-state index in [4.69, 9.17) is 4.74 Å². The maximum atomic E-state index is 11.3. The normalized spacial score (nSPS) is 13.9. The standard InChI is InChI=1S/C12H14O2/c1-7(2)9-6-10-8(4-11(10)13)5-12(9)14-3/h5-7H,4H2,1-3H3. The molecule has 0 N–H and O–H groups in total. The lowest BCUT2D eigenvalue weighted by Gasteiger charge is -2.22. The van der Waals surface area contributed by atoms with E-state index in [-0.39, 0.29) is 5.78 Å². The topological polar surface area (TPSA) is 26.3 Å². The summed E-state index contributed by atoms with van der Waals surface area (Å²) in [5.41, 5.74) is 3.13. The average Bonchev–Trinajstić information content (AvgIpc) is 2.14. The number of hydrogen-bond acceptors (Lipinski definition) is 2. The molecule has 0 aliphatic heterocycles. The number of carbonyl (C=O) groups excluding carboxylic acids is 1. The molecule has 2 nitrogen and oxygen atoms in total. The van der Waals surface area contributed by atoms with Crippen molar-refractivity contribution in [3.05, 3.63) is 28.8 Å². The third-order valence-electron chi connectivity index (χ3n) is 2.73. The van der Waals surface area contributed by atoms with Crippen molar-refractivity contribution in [2.45, 2.75) is 26.2 Å². The number of rotatable bonds is 2. The molecule has 1 aromatic carbocycles. The van der Waals surface area contributed by atoms with Crippen molar-refractivity contribution >= 4 is 5.78 Å². The third kappa shape index (κ3) is 1.22. The van der Waals surface area contributed by atoms with Crippen LogP contribution in [0.25, 0.3) is 0 Å². The first kappa shape index (κ1) is 9.25. The lowest BCUT2D eigenvalue weighted by molar-refractivity contribution is 0.0967. The lowest BCUT2D eigenvalue weighted by Crippen LogP contribution is -2.19. The Balaban J connectivity index is 2.53. The summed E-state index contributed by atoms with van der Waals surface area (Å²) in [6.45, 7) is 4.21. The van der Waals surface area contributed by atoms with Crippen molar-refractivity contribution in [2.24, 2.45) is 0 Å². The van der Waals surface area contributed by atoms with Crippen molar-refractivity contribution in [1.82, 2.24) is 0 Å². The van der Waals surface area contributed by atoms with E-state index in [0.29, 0.717) is 12.3 Å². The predicted octanol–water partition coefficient (Wildman–Crippen LogP) is 2.56. The Kier molecular flexibility index (Phi) is 2.06. The number of carbonyl (C=O) groups is 1. The summed E-state index contributed by atoms with van der Waals surface area (Å²) in [6, 6.07) is 3.97. The van der Waals surface area contributed by atoms with Gasteiger partial charge in [-0.15, -0.1) is 0 Å². The fourth-order valence-corrected chi connectivity index (χ4v) is 1.83. The highest BCUT2D eigenvalue weighted by molar-refractivity contribution is 6.07. The second kappa shape index (κ2) is 3.12. The molecule has 2 heteroatoms. The molecule has 74 valence electrons. The smallest absolute Gasteiger partial charge is 0.167 e. The number of hydrogen-bond donors (Lipinski definition) is 0. The summed E-state index contributed by atoms with van der Waals surface area (Å²) < 4.78 is 5.30. The molecule has 1 aliphatic carbocycles. The van der Waals surface area contributed by atoms with Crippen LogP contribution in [-0.4, -0.2) is 12.9 Å². The first-order valence-corrected chi connectivity index (χ1v) is 4.87. The van der Waals surface area contributed by atoms with Crippen LogP contribution in [0.5, 0.6) is 5.75 Å². The molecule has 0 spiro atoms. The molecule has 14 heavy (non-hydrogen) atoms. The lowest BCUT2D eigenvalue weighted by atomic mass is 9.83. The van der Waals surface area contributed by atoms with Crippen molar-refractivity contribution in [3.63, 3.8) is 0 Å². The van der Waals surface area contributed by atoms with E-state index >= 15 is 0 Å². The summed E-state index contributed by atoms with van der Waals surface area (Å²) >= 11 is 0. The van der Waals surface area contributed by atoms with Gasteiger partial charge in [-0.2, -0.15) is 0 Å². The molecule has 1 aliphatic rings. The molecule has 2 rings (SSSR count). The maximum absolute atomic E-state index is 11.3. The zero-order valence-corrected chi connectivity index (χ0v) is 8.76. The second-order valence-electron chi connectivity index (χ2n) is 4.01. The molecular formula is C12H14O2. The molecule has 0 unspecified atom stereocenters. The Morgan fingerprint density at radius 2 is 2.07 bits per heavy atom. The molecule has 0 aromatic heterocycles. The van der Waals surface area contributed by atoms with Crippen LogP contribution in [0.3, 0.4) is 0 Å². The molecule has 1 aromatic rings. The van der Waals surface area contributed by atoms with Crippen molar-refractivity contribution < 1.29 is 9.53 Å². The number of methoxy groups -OCH3 is 1. The second-order valence-corrected chi connectivity index (χ2v) is 4.01. The van der Waals surface area contributed by atoms with Gasteiger partial charge in [-0.25, -0.2) is 0 Å². The molecule has 0 heterocycles. The number of benzene rings is 1. The molecule has 0 bridgehead atoms. The highest BCUT2D eigenvalue weighted by atomic mass is 16.5. The Morgan fingerprint density at radius 3 is 2.57 bits per heavy atom. The van der Waals surface area contributed by atoms with Crippen LogP contribution in [-0.2, 0) is 6.42 Å². The van der Waals surface area contributed by atoms with E-state index in [9.17, 15) is 4.79 Å². The minimum absolute atomic E-state index is 0.254. The van der Waals surface area contributed by atoms with Gasteiger partial charge in [-0.3, -0.25) is 4.79 Å². The van der Waals surface area contributed by atoms with Gasteiger partial charge in [0.15, 0.2) is 5.78 Å². The minimum atomic E-state index is 0.254. The molecule has 0 fully saturated rings. The van der Waals surface area contributed by atoms with Gasteiger partial charge >= 0.3 is 0 Å². The van der Waals surface area contributed by atoms with Crippen molar-refractivity contribution in [2.75, 3.05) is 7.11 Å². The first-order valence-electron chi connectivity index (χ1n) is 4.87. The Labute approximate surface area is 83.9 Å². The summed E-state index contributed by atoms with van der Waals surface area (Å²) in [7, 11) is 1.67. The van der Waals surface area contributed by atoms with Crippen LogP contribution < -0.4 is 4.74 Å². The summed E-state index contributed by atoms with van der Waals surface area (Å²) in [5, 5.41) is 0. The highest BCUT2D eigenvalue weighted by Gasteiger charge is 2.25. The number of Topliss-reactive ketones (excluding diaryl/α,β-unsaturated/α-hetero) is 1. The molecule has 0 radical (unpaired) electrons. The third-order valence-corrected chi connectivity index (χ3v) is 2.73. The fourth-order valence-electron chi connectivity index (χ4n) is 1.83. The van der Waals surface area contributed by atoms with Gasteiger partial charge in [-0.1, -0.05) is 13.8 Å². The monoisotopic (exact) mass is 190 g/mol. The van der Waals surface area contributed by atoms with E-state index in [0.717, 1.165) is 22.4 Å². The molecule has 0 amide bonds. The molecule has 0 saturated heterocycles. The quantitative estimate of drug-likeness (QED) is 0.716. The van der Waals surface area contributed by atoms with Gasteiger partial charge < -0.3 is 4.74 Å². The first-order chi connectivity index (χ1) is 6.63. The van der Waals surface area contributed by atoms with Crippen LogP contribution in [0.15, 0.2) is 12.1 Å². The Bertz CT molecular complexity index is 392. The van der Waals surface area contributed by atoms with E-state index in [1.54, 1.807) is 7.11 Å². The van der Waals surface area contributed by atoms with Crippen LogP contribution in [0.4, 0.5) is 0 Å². The van der Waals surface area contributed by atoms with Crippen LogP contribution in [0.2, 0.25) is 0 Å². The Morgan fingerprint density at radius 1 is 1.36 bits per heavy atom.